The molecule has 80 valence electrons. The summed E-state index contributed by atoms with van der Waals surface area (Å²) in [6.07, 6.45) is 3.38. The topological polar surface area (TPSA) is 42.0 Å². The van der Waals surface area contributed by atoms with E-state index in [0.29, 0.717) is 6.54 Å². The molecule has 4 heteroatoms. The van der Waals surface area contributed by atoms with Gasteiger partial charge in [-0.2, -0.15) is 0 Å². The smallest absolute Gasteiger partial charge is 0.226 e. The summed E-state index contributed by atoms with van der Waals surface area (Å²) in [5, 5.41) is 5.78. The second kappa shape index (κ2) is 3.77. The Morgan fingerprint density at radius 2 is 2.47 bits per heavy atom. The molecule has 1 N–H and O–H groups in total. The van der Waals surface area contributed by atoms with Gasteiger partial charge in [0.05, 0.1) is 12.0 Å². The Labute approximate surface area is 93.2 Å². The van der Waals surface area contributed by atoms with Crippen LogP contribution in [0.2, 0.25) is 0 Å². The summed E-state index contributed by atoms with van der Waals surface area (Å²) in [5.74, 6) is 0.116. The Hall–Kier alpha value is -1.16. The van der Waals surface area contributed by atoms with Gasteiger partial charge in [-0.25, -0.2) is 4.98 Å². The van der Waals surface area contributed by atoms with Crippen LogP contribution in [0.15, 0.2) is 23.7 Å². The van der Waals surface area contributed by atoms with Crippen LogP contribution in [0.1, 0.15) is 24.8 Å². The van der Waals surface area contributed by atoms with Gasteiger partial charge in [-0.15, -0.1) is 11.3 Å². The summed E-state index contributed by atoms with van der Waals surface area (Å²) < 4.78 is 0. The fourth-order valence-corrected chi connectivity index (χ4v) is 2.48. The van der Waals surface area contributed by atoms with Crippen molar-refractivity contribution >= 4 is 17.2 Å². The molecule has 15 heavy (non-hydrogen) atoms. The Kier molecular flexibility index (Phi) is 2.61. The highest BCUT2D eigenvalue weighted by Gasteiger charge is 2.41. The lowest BCUT2D eigenvalue weighted by atomic mass is 9.67. The third-order valence-electron chi connectivity index (χ3n) is 2.71. The predicted molar refractivity (Wildman–Crippen MR) is 60.4 cm³/mol. The van der Waals surface area contributed by atoms with E-state index in [-0.39, 0.29) is 11.3 Å². The molecule has 2 rings (SSSR count). The highest BCUT2D eigenvalue weighted by Crippen LogP contribution is 2.43. The molecule has 0 atom stereocenters. The number of nitrogens with zero attached hydrogens (tertiary/aromatic N) is 1. The lowest BCUT2D eigenvalue weighted by molar-refractivity contribution is -0.132. The van der Waals surface area contributed by atoms with E-state index in [0.717, 1.165) is 17.8 Å². The Morgan fingerprint density at radius 3 is 3.00 bits per heavy atom. The molecule has 1 aromatic rings. The van der Waals surface area contributed by atoms with Crippen LogP contribution in [0.3, 0.4) is 0 Å². The van der Waals surface area contributed by atoms with Crippen molar-refractivity contribution in [2.45, 2.75) is 26.3 Å². The normalized spacial score (nSPS) is 18.3. The number of nitrogens with one attached hydrogen (secondary N) is 1. The Bertz CT molecular complexity index is 375. The highest BCUT2D eigenvalue weighted by atomic mass is 32.1. The zero-order valence-corrected chi connectivity index (χ0v) is 9.56. The zero-order valence-electron chi connectivity index (χ0n) is 8.75. The molecule has 1 amide bonds. The molecular weight excluding hydrogens is 208 g/mol. The Morgan fingerprint density at radius 1 is 1.73 bits per heavy atom. The molecule has 0 spiro atoms. The van der Waals surface area contributed by atoms with Gasteiger partial charge in [0.25, 0.3) is 0 Å². The highest BCUT2D eigenvalue weighted by molar-refractivity contribution is 7.09. The number of thiazole rings is 1. The number of aromatic nitrogens is 1. The van der Waals surface area contributed by atoms with Crippen molar-refractivity contribution in [2.75, 3.05) is 0 Å². The molecule has 0 radical (unpaired) electrons. The van der Waals surface area contributed by atoms with Crippen molar-refractivity contribution < 1.29 is 4.79 Å². The number of hydrogen-bond acceptors (Lipinski definition) is 3. The number of carbonyl (C=O) groups is 1. The molecule has 0 aromatic carbocycles. The van der Waals surface area contributed by atoms with Crippen LogP contribution in [-0.2, 0) is 11.3 Å². The fraction of sp³-hybridized carbons (Fsp3) is 0.455. The van der Waals surface area contributed by atoms with E-state index in [2.05, 4.69) is 16.9 Å². The van der Waals surface area contributed by atoms with E-state index in [1.807, 2.05) is 12.3 Å². The minimum atomic E-state index is -0.228. The van der Waals surface area contributed by atoms with Gasteiger partial charge in [0.1, 0.15) is 5.01 Å². The maximum absolute atomic E-state index is 11.8. The summed E-state index contributed by atoms with van der Waals surface area (Å²) in [7, 11) is 0. The number of carbonyl (C=O) groups excluding carboxylic acids is 1. The molecule has 1 aliphatic rings. The van der Waals surface area contributed by atoms with Gasteiger partial charge in [0.2, 0.25) is 5.91 Å². The Balaban J connectivity index is 1.85. The van der Waals surface area contributed by atoms with Crippen LogP contribution in [-0.4, -0.2) is 10.9 Å². The third kappa shape index (κ3) is 2.09. The molecule has 0 aliphatic heterocycles. The second-order valence-electron chi connectivity index (χ2n) is 4.27. The van der Waals surface area contributed by atoms with E-state index < -0.39 is 0 Å². The van der Waals surface area contributed by atoms with Crippen LogP contribution in [0.25, 0.3) is 0 Å². The summed E-state index contributed by atoms with van der Waals surface area (Å²) >= 11 is 1.56. The average molecular weight is 222 g/mol. The molecule has 3 nitrogen and oxygen atoms in total. The number of amides is 1. The van der Waals surface area contributed by atoms with Gasteiger partial charge in [-0.1, -0.05) is 19.1 Å². The van der Waals surface area contributed by atoms with Crippen LogP contribution in [0.5, 0.6) is 0 Å². The largest absolute Gasteiger partial charge is 0.349 e. The van der Waals surface area contributed by atoms with Gasteiger partial charge >= 0.3 is 0 Å². The van der Waals surface area contributed by atoms with Gasteiger partial charge in [-0.3, -0.25) is 4.79 Å². The first-order valence-corrected chi connectivity index (χ1v) is 5.81. The van der Waals surface area contributed by atoms with Gasteiger partial charge in [-0.05, 0) is 12.8 Å². The van der Waals surface area contributed by atoms with Crippen LogP contribution >= 0.6 is 11.3 Å². The van der Waals surface area contributed by atoms with E-state index in [4.69, 9.17) is 0 Å². The average Bonchev–Trinajstić information content (AvgIpc) is 2.64. The third-order valence-corrected chi connectivity index (χ3v) is 3.49. The molecule has 0 bridgehead atoms. The van der Waals surface area contributed by atoms with Gasteiger partial charge < -0.3 is 5.32 Å². The lowest BCUT2D eigenvalue weighted by Crippen LogP contribution is -2.44. The first-order chi connectivity index (χ1) is 7.10. The predicted octanol–water partition coefficient (Wildman–Crippen LogP) is 2.12. The van der Waals surface area contributed by atoms with E-state index in [1.165, 1.54) is 5.57 Å². The van der Waals surface area contributed by atoms with Crippen LogP contribution < -0.4 is 5.32 Å². The summed E-state index contributed by atoms with van der Waals surface area (Å²) in [6, 6.07) is 0. The quantitative estimate of drug-likeness (QED) is 0.796. The van der Waals surface area contributed by atoms with Crippen molar-refractivity contribution in [1.29, 1.82) is 0 Å². The summed E-state index contributed by atoms with van der Waals surface area (Å²) in [6.45, 7) is 6.38. The van der Waals surface area contributed by atoms with Crippen LogP contribution in [0, 0.1) is 5.41 Å². The molecule has 1 aliphatic carbocycles. The minimum Gasteiger partial charge on any atom is -0.349 e. The summed E-state index contributed by atoms with van der Waals surface area (Å²) in [5.41, 5.74) is 0.941. The summed E-state index contributed by atoms with van der Waals surface area (Å²) in [4.78, 5) is 15.9. The second-order valence-corrected chi connectivity index (χ2v) is 5.25. The standard InChI is InChI=1S/C11H14N2OS/c1-8-5-11(2,6-8)10(14)13-7-9-12-3-4-15-9/h3-4H,1,5-7H2,2H3,(H,13,14). The van der Waals surface area contributed by atoms with Crippen molar-refractivity contribution in [2.24, 2.45) is 5.41 Å². The number of rotatable bonds is 3. The van der Waals surface area contributed by atoms with E-state index in [1.54, 1.807) is 17.5 Å². The number of allylic oxidation sites excluding steroid dienone is 1. The molecular formula is C11H14N2OS. The van der Waals surface area contributed by atoms with E-state index in [9.17, 15) is 4.79 Å². The first-order valence-electron chi connectivity index (χ1n) is 4.93. The molecule has 0 saturated heterocycles. The molecule has 0 unspecified atom stereocenters. The van der Waals surface area contributed by atoms with E-state index >= 15 is 0 Å². The minimum absolute atomic E-state index is 0.116. The maximum Gasteiger partial charge on any atom is 0.226 e. The fourth-order valence-electron chi connectivity index (χ4n) is 1.92. The first kappa shape index (κ1) is 10.4. The monoisotopic (exact) mass is 222 g/mol. The molecule has 1 aromatic heterocycles. The number of hydrogen-bond donors (Lipinski definition) is 1. The molecule has 1 saturated carbocycles. The van der Waals surface area contributed by atoms with Crippen LogP contribution in [0.4, 0.5) is 0 Å². The van der Waals surface area contributed by atoms with Crippen molar-refractivity contribution in [3.8, 4) is 0 Å². The van der Waals surface area contributed by atoms with Gasteiger partial charge in [0, 0.05) is 11.6 Å². The van der Waals surface area contributed by atoms with Crippen molar-refractivity contribution in [3.63, 3.8) is 0 Å². The zero-order chi connectivity index (χ0) is 10.9. The SMILES string of the molecule is C=C1CC(C)(C(=O)NCc2nccs2)C1. The van der Waals surface area contributed by atoms with Crippen molar-refractivity contribution in [3.05, 3.63) is 28.7 Å². The molecule has 1 heterocycles. The molecule has 1 fully saturated rings. The lowest BCUT2D eigenvalue weighted by Gasteiger charge is -2.38. The van der Waals surface area contributed by atoms with Crippen molar-refractivity contribution in [1.82, 2.24) is 10.3 Å². The van der Waals surface area contributed by atoms with Gasteiger partial charge in [0.15, 0.2) is 0 Å². The maximum atomic E-state index is 11.8.